The minimum Gasteiger partial charge on any atom is -0.313 e. The SMILES string of the molecule is C1=CC2=C(CC1)c1ccccc1C21C2=C(CCC(C3=CC=C(n4c5ccccc5c5ccccc54)CC3)=C2)C2=CC=C(c3ccccc3)CC21. The second-order valence-electron chi connectivity index (χ2n) is 14.9. The molecular formula is C49H39N. The van der Waals surface area contributed by atoms with E-state index in [2.05, 4.69) is 150 Å². The molecule has 2 unspecified atom stereocenters. The second-order valence-corrected chi connectivity index (χ2v) is 14.9. The zero-order valence-corrected chi connectivity index (χ0v) is 28.3. The number of hydrogen-bond acceptors (Lipinski definition) is 0. The fourth-order valence-electron chi connectivity index (χ4n) is 10.6. The maximum atomic E-state index is 2.68. The van der Waals surface area contributed by atoms with Crippen molar-refractivity contribution in [1.82, 2.24) is 4.57 Å². The number of hydrogen-bond donors (Lipinski definition) is 0. The van der Waals surface area contributed by atoms with E-state index in [9.17, 15) is 0 Å². The van der Waals surface area contributed by atoms with Crippen molar-refractivity contribution in [2.75, 3.05) is 0 Å². The standard InChI is InChI=1S/C49H39N/c1-2-12-32(13-3-1)34-24-28-39-40-29-25-35(31-46(40)49(45(39)30-34)43-18-8-4-14-37(43)38-15-5-9-19-44(38)49)33-22-26-36(27-23-33)50-47-20-10-6-16-41(47)42-17-7-11-21-48(42)50/h1-4,6-14,16-22,24,26,28,31,45H,5,15,23,25,27,29-30H2. The quantitative estimate of drug-likeness (QED) is 0.185. The third-order valence-corrected chi connectivity index (χ3v) is 12.7. The maximum Gasteiger partial charge on any atom is 0.0537 e. The van der Waals surface area contributed by atoms with Gasteiger partial charge in [0, 0.05) is 22.4 Å². The average molecular weight is 642 g/mol. The van der Waals surface area contributed by atoms with E-state index in [-0.39, 0.29) is 5.41 Å². The fourth-order valence-corrected chi connectivity index (χ4v) is 10.6. The van der Waals surface area contributed by atoms with Crippen molar-refractivity contribution in [2.45, 2.75) is 50.4 Å². The van der Waals surface area contributed by atoms with Crippen LogP contribution in [0.15, 0.2) is 179 Å². The first-order valence-corrected chi connectivity index (χ1v) is 18.6. The predicted octanol–water partition coefficient (Wildman–Crippen LogP) is 12.5. The molecule has 1 nitrogen and oxygen atoms in total. The van der Waals surface area contributed by atoms with Gasteiger partial charge in [-0.3, -0.25) is 0 Å². The molecule has 4 aromatic carbocycles. The Morgan fingerprint density at radius 3 is 2.08 bits per heavy atom. The zero-order valence-electron chi connectivity index (χ0n) is 28.3. The van der Waals surface area contributed by atoms with E-state index in [0.717, 1.165) is 44.9 Å². The third-order valence-electron chi connectivity index (χ3n) is 12.7. The Morgan fingerprint density at radius 1 is 0.560 bits per heavy atom. The zero-order chi connectivity index (χ0) is 32.8. The van der Waals surface area contributed by atoms with Gasteiger partial charge in [0.1, 0.15) is 0 Å². The first kappa shape index (κ1) is 28.4. The van der Waals surface area contributed by atoms with Gasteiger partial charge in [0.2, 0.25) is 0 Å². The Labute approximate surface area is 294 Å². The number of rotatable bonds is 3. The van der Waals surface area contributed by atoms with Gasteiger partial charge in [-0.2, -0.15) is 0 Å². The maximum absolute atomic E-state index is 2.68. The van der Waals surface area contributed by atoms with Crippen LogP contribution in [0.5, 0.6) is 0 Å². The van der Waals surface area contributed by atoms with Crippen molar-refractivity contribution in [3.8, 4) is 0 Å². The van der Waals surface area contributed by atoms with E-state index in [1.165, 1.54) is 55.3 Å². The van der Waals surface area contributed by atoms with Crippen LogP contribution < -0.4 is 0 Å². The lowest BCUT2D eigenvalue weighted by molar-refractivity contribution is 0.465. The van der Waals surface area contributed by atoms with Gasteiger partial charge in [0.15, 0.2) is 0 Å². The first-order valence-electron chi connectivity index (χ1n) is 18.6. The van der Waals surface area contributed by atoms with E-state index in [0.29, 0.717) is 5.92 Å². The van der Waals surface area contributed by atoms with Crippen molar-refractivity contribution >= 4 is 38.6 Å². The van der Waals surface area contributed by atoms with Crippen molar-refractivity contribution in [2.24, 2.45) is 5.92 Å². The van der Waals surface area contributed by atoms with Crippen molar-refractivity contribution in [3.05, 3.63) is 196 Å². The van der Waals surface area contributed by atoms with E-state index in [1.807, 2.05) is 0 Å². The Balaban J connectivity index is 1.06. The summed E-state index contributed by atoms with van der Waals surface area (Å²) in [5.74, 6) is 0.404. The monoisotopic (exact) mass is 641 g/mol. The molecule has 6 aliphatic carbocycles. The number of benzene rings is 4. The molecule has 50 heavy (non-hydrogen) atoms. The van der Waals surface area contributed by atoms with Crippen LogP contribution in [0.3, 0.4) is 0 Å². The van der Waals surface area contributed by atoms with E-state index in [1.54, 1.807) is 33.4 Å². The summed E-state index contributed by atoms with van der Waals surface area (Å²) in [6.07, 6.45) is 25.2. The Bertz CT molecular complexity index is 2500. The largest absolute Gasteiger partial charge is 0.313 e. The predicted molar refractivity (Wildman–Crippen MR) is 209 cm³/mol. The Kier molecular flexibility index (Phi) is 6.14. The highest BCUT2D eigenvalue weighted by Crippen LogP contribution is 2.67. The first-order chi connectivity index (χ1) is 24.8. The highest BCUT2D eigenvalue weighted by atomic mass is 15.0. The molecule has 0 bridgehead atoms. The Hall–Kier alpha value is -5.40. The molecule has 6 aliphatic rings. The lowest BCUT2D eigenvalue weighted by Gasteiger charge is -2.40. The van der Waals surface area contributed by atoms with Crippen LogP contribution in [0, 0.1) is 5.92 Å². The van der Waals surface area contributed by atoms with Gasteiger partial charge in [0.05, 0.1) is 16.4 Å². The molecule has 0 saturated heterocycles. The summed E-state index contributed by atoms with van der Waals surface area (Å²) in [7, 11) is 0. The second kappa shape index (κ2) is 10.8. The molecule has 0 amide bonds. The molecule has 0 fully saturated rings. The minimum atomic E-state index is -0.136. The Morgan fingerprint density at radius 2 is 1.28 bits per heavy atom. The van der Waals surface area contributed by atoms with E-state index in [4.69, 9.17) is 0 Å². The highest BCUT2D eigenvalue weighted by molar-refractivity contribution is 6.10. The number of para-hydroxylation sites is 2. The molecule has 0 radical (unpaired) electrons. The van der Waals surface area contributed by atoms with Crippen molar-refractivity contribution < 1.29 is 0 Å². The van der Waals surface area contributed by atoms with Crippen LogP contribution in [0.2, 0.25) is 0 Å². The number of fused-ring (bicyclic) bond motifs is 11. The van der Waals surface area contributed by atoms with Gasteiger partial charge >= 0.3 is 0 Å². The summed E-state index contributed by atoms with van der Waals surface area (Å²) >= 11 is 0. The van der Waals surface area contributed by atoms with Crippen LogP contribution in [-0.2, 0) is 5.41 Å². The minimum absolute atomic E-state index is 0.136. The normalized spacial score (nSPS) is 23.7. The molecule has 240 valence electrons. The van der Waals surface area contributed by atoms with E-state index >= 15 is 0 Å². The summed E-state index contributed by atoms with van der Waals surface area (Å²) in [4.78, 5) is 0. The average Bonchev–Trinajstić information content (AvgIpc) is 3.80. The summed E-state index contributed by atoms with van der Waals surface area (Å²) in [5.41, 5.74) is 20.7. The highest BCUT2D eigenvalue weighted by Gasteiger charge is 2.58. The summed E-state index contributed by atoms with van der Waals surface area (Å²) in [6, 6.07) is 38.3. The smallest absolute Gasteiger partial charge is 0.0537 e. The van der Waals surface area contributed by atoms with Crippen molar-refractivity contribution in [1.29, 1.82) is 0 Å². The number of allylic oxidation sites excluding steroid dienone is 16. The molecule has 1 spiro atoms. The van der Waals surface area contributed by atoms with Gasteiger partial charge in [-0.1, -0.05) is 127 Å². The van der Waals surface area contributed by atoms with Crippen LogP contribution in [-0.4, -0.2) is 4.57 Å². The van der Waals surface area contributed by atoms with Crippen molar-refractivity contribution in [3.63, 3.8) is 0 Å². The van der Waals surface area contributed by atoms with Gasteiger partial charge in [-0.15, -0.1) is 0 Å². The molecule has 0 aliphatic heterocycles. The lowest BCUT2D eigenvalue weighted by Crippen LogP contribution is -2.35. The van der Waals surface area contributed by atoms with Crippen LogP contribution in [0.25, 0.3) is 38.6 Å². The molecule has 11 rings (SSSR count). The molecule has 1 heteroatoms. The number of nitrogens with zero attached hydrogens (tertiary/aromatic N) is 1. The van der Waals surface area contributed by atoms with Gasteiger partial charge < -0.3 is 4.57 Å². The molecular weight excluding hydrogens is 603 g/mol. The topological polar surface area (TPSA) is 4.93 Å². The van der Waals surface area contributed by atoms with Crippen LogP contribution in [0.4, 0.5) is 0 Å². The van der Waals surface area contributed by atoms with Crippen LogP contribution >= 0.6 is 0 Å². The molecule has 1 aromatic heterocycles. The van der Waals surface area contributed by atoms with E-state index < -0.39 is 0 Å². The molecule has 0 saturated carbocycles. The summed E-state index contributed by atoms with van der Waals surface area (Å²) in [5, 5.41) is 2.67. The van der Waals surface area contributed by atoms with Crippen LogP contribution in [0.1, 0.15) is 61.6 Å². The molecule has 2 atom stereocenters. The molecule has 0 N–H and O–H groups in total. The summed E-state index contributed by atoms with van der Waals surface area (Å²) < 4.78 is 2.51. The van der Waals surface area contributed by atoms with Gasteiger partial charge in [-0.05, 0) is 124 Å². The molecule has 5 aromatic rings. The third kappa shape index (κ3) is 3.84. The lowest BCUT2D eigenvalue weighted by atomic mass is 9.61. The number of aromatic nitrogens is 1. The van der Waals surface area contributed by atoms with Gasteiger partial charge in [-0.25, -0.2) is 0 Å². The van der Waals surface area contributed by atoms with Gasteiger partial charge in [0.25, 0.3) is 0 Å². The fraction of sp³-hybridized carbons (Fsp3) is 0.184. The summed E-state index contributed by atoms with van der Waals surface area (Å²) in [6.45, 7) is 0. The molecule has 1 heterocycles.